The van der Waals surface area contributed by atoms with Crippen molar-refractivity contribution in [3.8, 4) is 16.9 Å². The Morgan fingerprint density at radius 3 is 1.51 bits per heavy atom. The van der Waals surface area contributed by atoms with Crippen LogP contribution < -0.4 is 9.64 Å². The SMILES string of the molecule is CC(C)C(O)Oc1ccc(CCc2ccc(N(c3ccccc3)c3ccc(-c4ccccc4)cc3)cc2)cc1. The highest BCUT2D eigenvalue weighted by Crippen LogP contribution is 2.35. The summed E-state index contributed by atoms with van der Waals surface area (Å²) >= 11 is 0. The molecule has 0 saturated heterocycles. The second-order valence-electron chi connectivity index (χ2n) is 10.1. The summed E-state index contributed by atoms with van der Waals surface area (Å²) in [4.78, 5) is 2.29. The van der Waals surface area contributed by atoms with Crippen molar-refractivity contribution in [2.24, 2.45) is 5.92 Å². The highest BCUT2D eigenvalue weighted by Gasteiger charge is 2.13. The minimum absolute atomic E-state index is 0.0547. The molecule has 0 saturated carbocycles. The quantitative estimate of drug-likeness (QED) is 0.189. The second-order valence-corrected chi connectivity index (χ2v) is 10.1. The largest absolute Gasteiger partial charge is 0.465 e. The Kier molecular flexibility index (Phi) is 8.40. The highest BCUT2D eigenvalue weighted by molar-refractivity contribution is 5.78. The van der Waals surface area contributed by atoms with Crippen molar-refractivity contribution >= 4 is 17.1 Å². The lowest BCUT2D eigenvalue weighted by molar-refractivity contribution is -0.0515. The van der Waals surface area contributed by atoms with Gasteiger partial charge in [-0.15, -0.1) is 0 Å². The van der Waals surface area contributed by atoms with E-state index in [1.54, 1.807) is 0 Å². The molecule has 196 valence electrons. The zero-order chi connectivity index (χ0) is 27.0. The maximum atomic E-state index is 9.94. The number of benzene rings is 5. The number of anilines is 3. The van der Waals surface area contributed by atoms with Crippen molar-refractivity contribution in [2.75, 3.05) is 4.90 Å². The first-order valence-corrected chi connectivity index (χ1v) is 13.6. The Bertz CT molecular complexity index is 1430. The van der Waals surface area contributed by atoms with Crippen molar-refractivity contribution in [2.45, 2.75) is 33.0 Å². The molecule has 3 nitrogen and oxygen atoms in total. The van der Waals surface area contributed by atoms with Gasteiger partial charge >= 0.3 is 0 Å². The molecular formula is C36H35NO2. The molecule has 0 aliphatic rings. The lowest BCUT2D eigenvalue weighted by atomic mass is 10.0. The number of aryl methyl sites for hydroxylation is 2. The van der Waals surface area contributed by atoms with E-state index in [4.69, 9.17) is 4.74 Å². The first kappa shape index (κ1) is 26.3. The van der Waals surface area contributed by atoms with E-state index in [0.29, 0.717) is 5.75 Å². The zero-order valence-electron chi connectivity index (χ0n) is 22.6. The molecule has 3 heteroatoms. The minimum atomic E-state index is -0.786. The van der Waals surface area contributed by atoms with Crippen molar-refractivity contribution in [3.05, 3.63) is 145 Å². The number of para-hydroxylation sites is 1. The van der Waals surface area contributed by atoms with Crippen LogP contribution in [0.5, 0.6) is 5.75 Å². The van der Waals surface area contributed by atoms with Crippen LogP contribution in [0.4, 0.5) is 17.1 Å². The molecule has 39 heavy (non-hydrogen) atoms. The Balaban J connectivity index is 1.30. The van der Waals surface area contributed by atoms with Gasteiger partial charge in [0, 0.05) is 23.0 Å². The van der Waals surface area contributed by atoms with Gasteiger partial charge in [-0.2, -0.15) is 0 Å². The van der Waals surface area contributed by atoms with Crippen LogP contribution in [-0.2, 0) is 12.8 Å². The number of ether oxygens (including phenoxy) is 1. The molecule has 1 N–H and O–H groups in total. The van der Waals surface area contributed by atoms with Gasteiger partial charge in [-0.1, -0.05) is 98.8 Å². The lowest BCUT2D eigenvalue weighted by Crippen LogP contribution is -2.21. The molecule has 5 rings (SSSR count). The molecule has 1 unspecified atom stereocenters. The van der Waals surface area contributed by atoms with Crippen LogP contribution in [0, 0.1) is 5.92 Å². The van der Waals surface area contributed by atoms with E-state index in [1.165, 1.54) is 22.3 Å². The van der Waals surface area contributed by atoms with Crippen LogP contribution in [-0.4, -0.2) is 11.4 Å². The van der Waals surface area contributed by atoms with E-state index in [2.05, 4.69) is 120 Å². The number of aliphatic hydroxyl groups is 1. The fourth-order valence-corrected chi connectivity index (χ4v) is 4.57. The summed E-state index contributed by atoms with van der Waals surface area (Å²) in [6.07, 6.45) is 1.11. The van der Waals surface area contributed by atoms with Crippen LogP contribution in [0.15, 0.2) is 133 Å². The van der Waals surface area contributed by atoms with Gasteiger partial charge in [0.05, 0.1) is 0 Å². The normalized spacial score (nSPS) is 11.8. The third kappa shape index (κ3) is 6.76. The molecule has 0 aromatic heterocycles. The van der Waals surface area contributed by atoms with Crippen LogP contribution in [0.1, 0.15) is 25.0 Å². The fraction of sp³-hybridized carbons (Fsp3) is 0.167. The molecule has 0 aliphatic heterocycles. The van der Waals surface area contributed by atoms with Crippen LogP contribution in [0.25, 0.3) is 11.1 Å². The Labute approximate surface area is 232 Å². The van der Waals surface area contributed by atoms with Gasteiger partial charge < -0.3 is 14.7 Å². The van der Waals surface area contributed by atoms with E-state index >= 15 is 0 Å². The standard InChI is InChI=1S/C36H35NO2/c1-27(2)36(38)39-35-25-17-29(18-26-35)14-13-28-15-21-33(22-16-28)37(32-11-7-4-8-12-32)34-23-19-31(20-24-34)30-9-5-3-6-10-30/h3-12,15-27,36,38H,13-14H2,1-2H3. The predicted molar refractivity (Wildman–Crippen MR) is 162 cm³/mol. The van der Waals surface area contributed by atoms with E-state index < -0.39 is 6.29 Å². The minimum Gasteiger partial charge on any atom is -0.465 e. The fourth-order valence-electron chi connectivity index (χ4n) is 4.57. The van der Waals surface area contributed by atoms with Gasteiger partial charge in [0.2, 0.25) is 0 Å². The maximum Gasteiger partial charge on any atom is 0.199 e. The van der Waals surface area contributed by atoms with Gasteiger partial charge in [-0.25, -0.2) is 0 Å². The number of rotatable bonds is 10. The average molecular weight is 514 g/mol. The maximum absolute atomic E-state index is 9.94. The summed E-state index contributed by atoms with van der Waals surface area (Å²) in [5.74, 6) is 0.751. The molecule has 0 aliphatic carbocycles. The molecule has 5 aromatic carbocycles. The molecule has 0 radical (unpaired) electrons. The van der Waals surface area contributed by atoms with Gasteiger partial charge in [-0.3, -0.25) is 0 Å². The summed E-state index contributed by atoms with van der Waals surface area (Å²) in [6, 6.07) is 46.6. The summed E-state index contributed by atoms with van der Waals surface area (Å²) in [6.45, 7) is 3.87. The van der Waals surface area contributed by atoms with Crippen molar-refractivity contribution in [3.63, 3.8) is 0 Å². The second kappa shape index (κ2) is 12.5. The van der Waals surface area contributed by atoms with Gasteiger partial charge in [-0.05, 0) is 83.6 Å². The highest BCUT2D eigenvalue weighted by atomic mass is 16.6. The van der Waals surface area contributed by atoms with Crippen molar-refractivity contribution < 1.29 is 9.84 Å². The first-order chi connectivity index (χ1) is 19.1. The monoisotopic (exact) mass is 513 g/mol. The third-order valence-corrected chi connectivity index (χ3v) is 6.89. The average Bonchev–Trinajstić information content (AvgIpc) is 2.99. The molecule has 5 aromatic rings. The number of hydrogen-bond donors (Lipinski definition) is 1. The van der Waals surface area contributed by atoms with Crippen LogP contribution in [0.2, 0.25) is 0 Å². The smallest absolute Gasteiger partial charge is 0.199 e. The Morgan fingerprint density at radius 2 is 0.974 bits per heavy atom. The van der Waals surface area contributed by atoms with Gasteiger partial charge in [0.15, 0.2) is 6.29 Å². The number of nitrogens with zero attached hydrogens (tertiary/aromatic N) is 1. The molecule has 0 amide bonds. The van der Waals surface area contributed by atoms with E-state index in [0.717, 1.165) is 29.9 Å². The van der Waals surface area contributed by atoms with E-state index in [1.807, 2.05) is 32.0 Å². The molecule has 0 bridgehead atoms. The summed E-state index contributed by atoms with van der Waals surface area (Å²) in [5, 5.41) is 9.94. The third-order valence-electron chi connectivity index (χ3n) is 6.89. The van der Waals surface area contributed by atoms with Crippen LogP contribution >= 0.6 is 0 Å². The lowest BCUT2D eigenvalue weighted by Gasteiger charge is -2.26. The Morgan fingerprint density at radius 1 is 0.538 bits per heavy atom. The van der Waals surface area contributed by atoms with Crippen LogP contribution in [0.3, 0.4) is 0 Å². The first-order valence-electron chi connectivity index (χ1n) is 13.6. The Hall–Kier alpha value is -4.34. The topological polar surface area (TPSA) is 32.7 Å². The summed E-state index contributed by atoms with van der Waals surface area (Å²) < 4.78 is 5.58. The van der Waals surface area contributed by atoms with E-state index in [-0.39, 0.29) is 5.92 Å². The number of aliphatic hydroxyl groups excluding tert-OH is 1. The van der Waals surface area contributed by atoms with Crippen molar-refractivity contribution in [1.29, 1.82) is 0 Å². The predicted octanol–water partition coefficient (Wildman–Crippen LogP) is 8.96. The van der Waals surface area contributed by atoms with E-state index in [9.17, 15) is 5.11 Å². The molecule has 1 atom stereocenters. The van der Waals surface area contributed by atoms with Gasteiger partial charge in [0.1, 0.15) is 5.75 Å². The van der Waals surface area contributed by atoms with Gasteiger partial charge in [0.25, 0.3) is 0 Å². The molecule has 0 fully saturated rings. The summed E-state index contributed by atoms with van der Waals surface area (Å²) in [5.41, 5.74) is 8.34. The molecule has 0 heterocycles. The zero-order valence-corrected chi connectivity index (χ0v) is 22.6. The molecule has 0 spiro atoms. The number of hydrogen-bond acceptors (Lipinski definition) is 3. The molecular weight excluding hydrogens is 478 g/mol. The van der Waals surface area contributed by atoms with Crippen molar-refractivity contribution in [1.82, 2.24) is 0 Å². The summed E-state index contributed by atoms with van der Waals surface area (Å²) in [7, 11) is 0.